The predicted molar refractivity (Wildman–Crippen MR) is 88.8 cm³/mol. The van der Waals surface area contributed by atoms with Crippen LogP contribution in [0, 0.1) is 6.92 Å². The highest BCUT2D eigenvalue weighted by atomic mass is 32.1. The third-order valence-electron chi connectivity index (χ3n) is 2.36. The van der Waals surface area contributed by atoms with Gasteiger partial charge in [0.1, 0.15) is 0 Å². The number of pyridine rings is 1. The van der Waals surface area contributed by atoms with Gasteiger partial charge in [-0.3, -0.25) is 10.4 Å². The van der Waals surface area contributed by atoms with Crippen LogP contribution in [0.3, 0.4) is 0 Å². The zero-order chi connectivity index (χ0) is 14.8. The van der Waals surface area contributed by atoms with Gasteiger partial charge in [-0.05, 0) is 43.7 Å². The molecule has 0 fully saturated rings. The van der Waals surface area contributed by atoms with E-state index in [1.807, 2.05) is 56.3 Å². The number of benzene rings is 1. The van der Waals surface area contributed by atoms with Gasteiger partial charge in [-0.1, -0.05) is 30.4 Å². The minimum Gasteiger partial charge on any atom is -0.399 e. The summed E-state index contributed by atoms with van der Waals surface area (Å²) < 4.78 is 0. The minimum atomic E-state index is 0.816. The van der Waals surface area contributed by atoms with E-state index < -0.39 is 0 Å². The summed E-state index contributed by atoms with van der Waals surface area (Å²) >= 11 is 4.56. The van der Waals surface area contributed by atoms with Crippen LogP contribution < -0.4 is 11.2 Å². The molecule has 0 unspecified atom stereocenters. The molecule has 3 N–H and O–H groups in total. The van der Waals surface area contributed by atoms with Crippen molar-refractivity contribution < 1.29 is 0 Å². The molecule has 104 valence electrons. The summed E-state index contributed by atoms with van der Waals surface area (Å²) in [5, 5.41) is 3.96. The third-order valence-corrected chi connectivity index (χ3v) is 2.47. The van der Waals surface area contributed by atoms with Crippen LogP contribution in [-0.2, 0) is 0 Å². The van der Waals surface area contributed by atoms with Gasteiger partial charge in [-0.2, -0.15) is 5.10 Å². The van der Waals surface area contributed by atoms with Crippen LogP contribution in [0.2, 0.25) is 0 Å². The lowest BCUT2D eigenvalue weighted by atomic mass is 10.2. The highest BCUT2D eigenvalue weighted by Gasteiger charge is 1.94. The summed E-state index contributed by atoms with van der Waals surface area (Å²) in [6, 6.07) is 13.5. The molecule has 1 aromatic heterocycles. The fourth-order valence-corrected chi connectivity index (χ4v) is 1.48. The quantitative estimate of drug-likeness (QED) is 0.394. The van der Waals surface area contributed by atoms with Gasteiger partial charge in [0.25, 0.3) is 0 Å². The number of nitrogens with one attached hydrogen (secondary N) is 1. The number of thiocarbonyl (C=S) groups is 1. The highest BCUT2D eigenvalue weighted by molar-refractivity contribution is 7.78. The van der Waals surface area contributed by atoms with E-state index >= 15 is 0 Å². The minimum absolute atomic E-state index is 0.816. The lowest BCUT2D eigenvalue weighted by molar-refractivity contribution is 1.06. The number of hydrogen-bond acceptors (Lipinski definition) is 4. The van der Waals surface area contributed by atoms with E-state index in [-0.39, 0.29) is 0 Å². The summed E-state index contributed by atoms with van der Waals surface area (Å²) in [6.07, 6.45) is 1.73. The van der Waals surface area contributed by atoms with E-state index in [0.29, 0.717) is 0 Å². The number of hydrogen-bond donors (Lipinski definition) is 2. The Bertz CT molecular complexity index is 550. The standard InChI is InChI=1S/C8H9N3S.C7H9N/c1-7(11-10-6-12)8-4-2-3-5-9-8;1-6-3-2-4-7(8)5-6/h2-6H,1H3,(H,10,12);2-5H,8H2,1H3. The maximum absolute atomic E-state index is 5.46. The lowest BCUT2D eigenvalue weighted by Crippen LogP contribution is -2.06. The second kappa shape index (κ2) is 8.77. The molecular weight excluding hydrogens is 268 g/mol. The van der Waals surface area contributed by atoms with Gasteiger partial charge >= 0.3 is 0 Å². The molecular formula is C15H18N4S. The average Bonchev–Trinajstić information content (AvgIpc) is 2.46. The molecule has 2 rings (SSSR count). The van der Waals surface area contributed by atoms with Crippen LogP contribution in [0.4, 0.5) is 5.69 Å². The SMILES string of the molecule is CC(=NNC=S)c1ccccn1.Cc1cccc(N)c1. The monoisotopic (exact) mass is 286 g/mol. The smallest absolute Gasteiger partial charge is 0.0859 e. The number of nitrogens with two attached hydrogens (primary N) is 1. The largest absolute Gasteiger partial charge is 0.399 e. The first kappa shape index (κ1) is 15.8. The number of rotatable bonds is 3. The van der Waals surface area contributed by atoms with Crippen LogP contribution in [0.25, 0.3) is 0 Å². The Balaban J connectivity index is 0.000000217. The molecule has 0 atom stereocenters. The van der Waals surface area contributed by atoms with E-state index in [2.05, 4.69) is 27.7 Å². The number of nitrogens with zero attached hydrogens (tertiary/aromatic N) is 2. The van der Waals surface area contributed by atoms with Crippen LogP contribution in [0.15, 0.2) is 53.8 Å². The zero-order valence-corrected chi connectivity index (χ0v) is 12.4. The Morgan fingerprint density at radius 2 is 2.10 bits per heavy atom. The number of aryl methyl sites for hydroxylation is 1. The van der Waals surface area contributed by atoms with Crippen molar-refractivity contribution in [2.24, 2.45) is 5.10 Å². The molecule has 5 heteroatoms. The fraction of sp³-hybridized carbons (Fsp3) is 0.133. The van der Waals surface area contributed by atoms with Crippen molar-refractivity contribution in [1.82, 2.24) is 10.4 Å². The molecule has 0 aliphatic heterocycles. The van der Waals surface area contributed by atoms with Crippen LogP contribution in [0.5, 0.6) is 0 Å². The summed E-state index contributed by atoms with van der Waals surface area (Å²) in [6.45, 7) is 3.89. The van der Waals surface area contributed by atoms with Crippen LogP contribution in [-0.4, -0.2) is 16.2 Å². The topological polar surface area (TPSA) is 63.3 Å². The van der Waals surface area contributed by atoms with Crippen molar-refractivity contribution in [3.63, 3.8) is 0 Å². The predicted octanol–water partition coefficient (Wildman–Crippen LogP) is 2.93. The molecule has 0 aliphatic carbocycles. The number of aromatic nitrogens is 1. The maximum Gasteiger partial charge on any atom is 0.0859 e. The van der Waals surface area contributed by atoms with Gasteiger partial charge in [0.2, 0.25) is 0 Å². The normalized spacial score (nSPS) is 10.2. The van der Waals surface area contributed by atoms with E-state index in [4.69, 9.17) is 5.73 Å². The van der Waals surface area contributed by atoms with Gasteiger partial charge in [-0.25, -0.2) is 0 Å². The van der Waals surface area contributed by atoms with Crippen LogP contribution in [0.1, 0.15) is 18.2 Å². The first-order chi connectivity index (χ1) is 9.63. The lowest BCUT2D eigenvalue weighted by Gasteiger charge is -1.97. The van der Waals surface area contributed by atoms with Gasteiger partial charge in [0, 0.05) is 11.9 Å². The molecule has 2 aromatic rings. The Morgan fingerprint density at radius 1 is 1.30 bits per heavy atom. The van der Waals surface area contributed by atoms with Crippen molar-refractivity contribution >= 4 is 29.1 Å². The molecule has 0 spiro atoms. The molecule has 0 bridgehead atoms. The summed E-state index contributed by atoms with van der Waals surface area (Å²) in [4.78, 5) is 4.11. The average molecular weight is 286 g/mol. The highest BCUT2D eigenvalue weighted by Crippen LogP contribution is 2.03. The molecule has 0 saturated heterocycles. The molecule has 0 aliphatic rings. The zero-order valence-electron chi connectivity index (χ0n) is 11.6. The second-order valence-corrected chi connectivity index (χ2v) is 4.31. The Hall–Kier alpha value is -2.27. The van der Waals surface area contributed by atoms with Crippen molar-refractivity contribution in [3.05, 3.63) is 59.9 Å². The summed E-state index contributed by atoms with van der Waals surface area (Å²) in [5.74, 6) is 0. The number of anilines is 1. The summed E-state index contributed by atoms with van der Waals surface area (Å²) in [5.41, 5.74) is 13.1. The number of hydrazone groups is 1. The second-order valence-electron chi connectivity index (χ2n) is 4.07. The van der Waals surface area contributed by atoms with E-state index in [1.54, 1.807) is 6.20 Å². The fourth-order valence-electron chi connectivity index (χ4n) is 1.43. The molecule has 1 aromatic carbocycles. The first-order valence-corrected chi connectivity index (χ1v) is 6.57. The molecule has 20 heavy (non-hydrogen) atoms. The molecule has 0 radical (unpaired) electrons. The Labute approximate surface area is 124 Å². The van der Waals surface area contributed by atoms with Crippen LogP contribution >= 0.6 is 12.2 Å². The van der Waals surface area contributed by atoms with Crippen molar-refractivity contribution in [3.8, 4) is 0 Å². The van der Waals surface area contributed by atoms with Gasteiger partial charge in [0.05, 0.1) is 16.9 Å². The van der Waals surface area contributed by atoms with Crippen molar-refractivity contribution in [1.29, 1.82) is 0 Å². The molecule has 4 nitrogen and oxygen atoms in total. The first-order valence-electron chi connectivity index (χ1n) is 6.10. The van der Waals surface area contributed by atoms with E-state index in [9.17, 15) is 0 Å². The van der Waals surface area contributed by atoms with Gasteiger partial charge in [0.15, 0.2) is 0 Å². The summed E-state index contributed by atoms with van der Waals surface area (Å²) in [7, 11) is 0. The Kier molecular flexibility index (Phi) is 6.92. The van der Waals surface area contributed by atoms with E-state index in [0.717, 1.165) is 17.1 Å². The number of nitrogen functional groups attached to an aromatic ring is 1. The van der Waals surface area contributed by atoms with Gasteiger partial charge < -0.3 is 5.73 Å². The Morgan fingerprint density at radius 3 is 2.60 bits per heavy atom. The molecule has 0 amide bonds. The van der Waals surface area contributed by atoms with Gasteiger partial charge in [-0.15, -0.1) is 0 Å². The third kappa shape index (κ3) is 6.06. The van der Waals surface area contributed by atoms with Crippen molar-refractivity contribution in [2.45, 2.75) is 13.8 Å². The molecule has 0 saturated carbocycles. The maximum atomic E-state index is 5.46. The van der Waals surface area contributed by atoms with E-state index in [1.165, 1.54) is 11.1 Å². The molecule has 1 heterocycles. The van der Waals surface area contributed by atoms with Crippen molar-refractivity contribution in [2.75, 3.05) is 5.73 Å².